The van der Waals surface area contributed by atoms with Crippen LogP contribution in [0.5, 0.6) is 0 Å². The molecule has 3 aliphatic heterocycles. The lowest BCUT2D eigenvalue weighted by Gasteiger charge is -2.48. The number of rotatable bonds is 52. The van der Waals surface area contributed by atoms with Crippen LogP contribution in [0.1, 0.15) is 258 Å². The smallest absolute Gasteiger partial charge is 0.220 e. The number of hydrogen-bond donors (Lipinski definition) is 12. The molecule has 1 amide bonds. The number of carbonyl (C=O) groups is 1. The third-order valence-corrected chi connectivity index (χ3v) is 17.3. The molecule has 500 valence electrons. The first-order valence-corrected chi connectivity index (χ1v) is 34.1. The van der Waals surface area contributed by atoms with E-state index < -0.39 is 124 Å². The van der Waals surface area contributed by atoms with Crippen LogP contribution in [0.15, 0.2) is 24.3 Å². The number of aliphatic hydroxyl groups is 11. The van der Waals surface area contributed by atoms with Crippen molar-refractivity contribution in [3.05, 3.63) is 24.3 Å². The van der Waals surface area contributed by atoms with Gasteiger partial charge < -0.3 is 89.9 Å². The molecule has 3 fully saturated rings. The molecule has 0 saturated carbocycles. The molecule has 0 aromatic rings. The molecule has 3 saturated heterocycles. The third-order valence-electron chi connectivity index (χ3n) is 17.3. The molecule has 85 heavy (non-hydrogen) atoms. The minimum Gasteiger partial charge on any atom is -0.394 e. The molecular formula is C66H123NO18. The molecule has 17 unspecified atom stereocenters. The van der Waals surface area contributed by atoms with E-state index in [1.165, 1.54) is 154 Å². The van der Waals surface area contributed by atoms with Crippen LogP contribution in [0, 0.1) is 0 Å². The number of allylic oxidation sites excluding steroid dienone is 4. The number of nitrogens with one attached hydrogen (secondary N) is 1. The molecule has 3 aliphatic rings. The molecule has 0 aromatic heterocycles. The van der Waals surface area contributed by atoms with E-state index in [9.17, 15) is 61.0 Å². The molecule has 12 N–H and O–H groups in total. The highest BCUT2D eigenvalue weighted by atomic mass is 16.8. The summed E-state index contributed by atoms with van der Waals surface area (Å²) >= 11 is 0. The average Bonchev–Trinajstić information content (AvgIpc) is 3.49. The van der Waals surface area contributed by atoms with Crippen molar-refractivity contribution in [1.29, 1.82) is 0 Å². The molecule has 0 bridgehead atoms. The summed E-state index contributed by atoms with van der Waals surface area (Å²) in [6.45, 7) is 1.78. The van der Waals surface area contributed by atoms with Crippen molar-refractivity contribution in [1.82, 2.24) is 5.32 Å². The lowest BCUT2D eigenvalue weighted by Crippen LogP contribution is -2.66. The Bertz CT molecular complexity index is 1640. The van der Waals surface area contributed by atoms with Gasteiger partial charge in [0.05, 0.1) is 38.6 Å². The number of ether oxygens (including phenoxy) is 6. The Labute approximate surface area is 511 Å². The van der Waals surface area contributed by atoms with Gasteiger partial charge in [0.1, 0.15) is 73.2 Å². The highest BCUT2D eigenvalue weighted by molar-refractivity contribution is 5.76. The first-order valence-electron chi connectivity index (χ1n) is 34.1. The predicted molar refractivity (Wildman–Crippen MR) is 328 cm³/mol. The molecule has 0 aliphatic carbocycles. The first kappa shape index (κ1) is 77.5. The maximum absolute atomic E-state index is 13.4. The van der Waals surface area contributed by atoms with Crippen molar-refractivity contribution >= 4 is 5.91 Å². The van der Waals surface area contributed by atoms with Gasteiger partial charge in [0.2, 0.25) is 5.91 Å². The summed E-state index contributed by atoms with van der Waals surface area (Å²) < 4.78 is 34.4. The Balaban J connectivity index is 1.43. The Morgan fingerprint density at radius 2 is 0.776 bits per heavy atom. The highest BCUT2D eigenvalue weighted by Crippen LogP contribution is 2.33. The van der Waals surface area contributed by atoms with Gasteiger partial charge in [0.15, 0.2) is 18.9 Å². The van der Waals surface area contributed by atoms with Crippen molar-refractivity contribution < 1.29 is 89.4 Å². The quantitative estimate of drug-likeness (QED) is 0.0201. The second-order valence-electron chi connectivity index (χ2n) is 24.6. The van der Waals surface area contributed by atoms with E-state index in [-0.39, 0.29) is 18.9 Å². The van der Waals surface area contributed by atoms with Gasteiger partial charge in [-0.25, -0.2) is 0 Å². The third kappa shape index (κ3) is 31.7. The molecule has 3 rings (SSSR count). The summed E-state index contributed by atoms with van der Waals surface area (Å²) in [4.78, 5) is 13.4. The number of amides is 1. The molecule has 17 atom stereocenters. The zero-order chi connectivity index (χ0) is 61.9. The number of hydrogen-bond acceptors (Lipinski definition) is 18. The summed E-state index contributed by atoms with van der Waals surface area (Å²) in [6.07, 6.45) is 26.9. The normalized spacial score (nSPS) is 29.1. The Kier molecular flexibility index (Phi) is 44.7. The SMILES string of the molecule is CCCCC/C=C\C/C=C\CCCCCCCC(=O)NC(COC1OC(CO)C(OC2OC(CO)C(OC3OC(CO)C(O)C(O)C3O)C(O)C2O)C(O)C1O)C(O)CCCCCCCCCCCCCCCCCCCCCCCCCCC. The van der Waals surface area contributed by atoms with Crippen molar-refractivity contribution in [2.45, 2.75) is 362 Å². The molecule has 3 heterocycles. The van der Waals surface area contributed by atoms with E-state index in [4.69, 9.17) is 28.4 Å². The number of unbranched alkanes of at least 4 members (excludes halogenated alkanes) is 32. The van der Waals surface area contributed by atoms with E-state index in [0.717, 1.165) is 70.6 Å². The standard InChI is InChI=1S/C66H123NO18/c1-3-5-7-9-11-13-15-17-19-20-21-22-23-24-25-26-27-28-30-31-33-35-37-39-41-43-50(71)49(67-54(72)44-42-40-38-36-34-32-29-18-16-14-12-10-8-6-4-2)48-80-64-60(78)57(75)62(52(46-69)82-64)85-66-61(79)58(76)63(53(47-70)83-66)84-65-59(77)56(74)55(73)51(45-68)81-65/h12,14,18,29,49-53,55-66,68-71,73-79H,3-11,13,15-17,19-28,30-48H2,1-2H3,(H,67,72)/b14-12-,29-18-. The van der Waals surface area contributed by atoms with Crippen LogP contribution in [0.4, 0.5) is 0 Å². The minimum absolute atomic E-state index is 0.252. The second kappa shape index (κ2) is 49.0. The molecule has 0 aromatic carbocycles. The monoisotopic (exact) mass is 1220 g/mol. The van der Waals surface area contributed by atoms with Crippen LogP contribution in [0.2, 0.25) is 0 Å². The van der Waals surface area contributed by atoms with Crippen LogP contribution >= 0.6 is 0 Å². The molecule has 0 radical (unpaired) electrons. The summed E-state index contributed by atoms with van der Waals surface area (Å²) in [7, 11) is 0. The second-order valence-corrected chi connectivity index (χ2v) is 24.6. The van der Waals surface area contributed by atoms with Crippen LogP contribution in [0.25, 0.3) is 0 Å². The number of carbonyl (C=O) groups excluding carboxylic acids is 1. The fourth-order valence-corrected chi connectivity index (χ4v) is 11.7. The molecule has 19 heteroatoms. The van der Waals surface area contributed by atoms with Gasteiger partial charge in [-0.3, -0.25) is 4.79 Å². The van der Waals surface area contributed by atoms with Crippen LogP contribution < -0.4 is 5.32 Å². The average molecular weight is 1220 g/mol. The fourth-order valence-electron chi connectivity index (χ4n) is 11.7. The predicted octanol–water partition coefficient (Wildman–Crippen LogP) is 8.27. The van der Waals surface area contributed by atoms with Gasteiger partial charge in [0.25, 0.3) is 0 Å². The summed E-state index contributed by atoms with van der Waals surface area (Å²) in [5.41, 5.74) is 0. The zero-order valence-electron chi connectivity index (χ0n) is 52.6. The summed E-state index contributed by atoms with van der Waals surface area (Å²) in [5.74, 6) is -0.254. The largest absolute Gasteiger partial charge is 0.394 e. The first-order chi connectivity index (χ1) is 41.3. The van der Waals surface area contributed by atoms with Gasteiger partial charge in [0, 0.05) is 6.42 Å². The highest BCUT2D eigenvalue weighted by Gasteiger charge is 2.53. The van der Waals surface area contributed by atoms with Gasteiger partial charge >= 0.3 is 0 Å². The molecule has 19 nitrogen and oxygen atoms in total. The fraction of sp³-hybridized carbons (Fsp3) is 0.924. The van der Waals surface area contributed by atoms with E-state index >= 15 is 0 Å². The van der Waals surface area contributed by atoms with Gasteiger partial charge in [-0.15, -0.1) is 0 Å². The molecular weight excluding hydrogens is 1090 g/mol. The zero-order valence-corrected chi connectivity index (χ0v) is 52.6. The van der Waals surface area contributed by atoms with E-state index in [1.54, 1.807) is 0 Å². The van der Waals surface area contributed by atoms with E-state index in [0.29, 0.717) is 12.8 Å². The Hall–Kier alpha value is -1.73. The minimum atomic E-state index is -1.97. The summed E-state index contributed by atoms with van der Waals surface area (Å²) in [5, 5.41) is 121. The maximum Gasteiger partial charge on any atom is 0.220 e. The van der Waals surface area contributed by atoms with Crippen molar-refractivity contribution in [2.75, 3.05) is 26.4 Å². The molecule has 0 spiro atoms. The lowest BCUT2D eigenvalue weighted by atomic mass is 9.96. The van der Waals surface area contributed by atoms with E-state index in [2.05, 4.69) is 43.5 Å². The van der Waals surface area contributed by atoms with Crippen molar-refractivity contribution in [3.8, 4) is 0 Å². The van der Waals surface area contributed by atoms with Crippen LogP contribution in [-0.4, -0.2) is 193 Å². The lowest BCUT2D eigenvalue weighted by molar-refractivity contribution is -0.379. The Morgan fingerprint density at radius 3 is 1.22 bits per heavy atom. The topological polar surface area (TPSA) is 307 Å². The Morgan fingerprint density at radius 1 is 0.424 bits per heavy atom. The summed E-state index contributed by atoms with van der Waals surface area (Å²) in [6, 6.07) is -0.893. The van der Waals surface area contributed by atoms with Crippen molar-refractivity contribution in [3.63, 3.8) is 0 Å². The van der Waals surface area contributed by atoms with Crippen molar-refractivity contribution in [2.24, 2.45) is 0 Å². The van der Waals surface area contributed by atoms with Crippen LogP contribution in [-0.2, 0) is 33.2 Å². The maximum atomic E-state index is 13.4. The van der Waals surface area contributed by atoms with Gasteiger partial charge in [-0.2, -0.15) is 0 Å². The van der Waals surface area contributed by atoms with E-state index in [1.807, 2.05) is 0 Å². The van der Waals surface area contributed by atoms with Gasteiger partial charge in [-0.05, 0) is 44.9 Å². The van der Waals surface area contributed by atoms with Gasteiger partial charge in [-0.1, -0.05) is 231 Å². The number of aliphatic hydroxyl groups excluding tert-OH is 11. The van der Waals surface area contributed by atoms with Crippen LogP contribution in [0.3, 0.4) is 0 Å².